The fourth-order valence-electron chi connectivity index (χ4n) is 5.32. The third kappa shape index (κ3) is 4.50. The molecule has 6 nitrogen and oxygen atoms in total. The lowest BCUT2D eigenvalue weighted by Gasteiger charge is -2.23. The molecule has 3 heterocycles. The third-order valence-electron chi connectivity index (χ3n) is 7.22. The second kappa shape index (κ2) is 9.69. The van der Waals surface area contributed by atoms with Gasteiger partial charge in [0.25, 0.3) is 0 Å². The van der Waals surface area contributed by atoms with Crippen molar-refractivity contribution in [1.29, 1.82) is 5.26 Å². The smallest absolute Gasteiger partial charge is 0.150 e. The SMILES string of the molecule is N#Cc1ccc2c(c1)c(-c1ccc3cc(OCCN4CCCC4)ccc3c1)nn2C1CCCCO1. The predicted octanol–water partition coefficient (Wildman–Crippen LogP) is 5.90. The molecule has 0 radical (unpaired) electrons. The number of nitriles is 1. The van der Waals surface area contributed by atoms with Gasteiger partial charge in [-0.25, -0.2) is 4.68 Å². The lowest BCUT2D eigenvalue weighted by atomic mass is 10.0. The van der Waals surface area contributed by atoms with E-state index in [1.165, 1.54) is 25.9 Å². The molecule has 2 aliphatic heterocycles. The predicted molar refractivity (Wildman–Crippen MR) is 137 cm³/mol. The van der Waals surface area contributed by atoms with E-state index < -0.39 is 0 Å². The van der Waals surface area contributed by atoms with Gasteiger partial charge >= 0.3 is 0 Å². The number of ether oxygens (including phenoxy) is 2. The third-order valence-corrected chi connectivity index (χ3v) is 7.22. The van der Waals surface area contributed by atoms with E-state index in [1.54, 1.807) is 0 Å². The van der Waals surface area contributed by atoms with Crippen LogP contribution in [0.4, 0.5) is 0 Å². The lowest BCUT2D eigenvalue weighted by molar-refractivity contribution is -0.0365. The molecule has 6 heteroatoms. The summed E-state index contributed by atoms with van der Waals surface area (Å²) in [5.41, 5.74) is 3.57. The molecule has 2 saturated heterocycles. The minimum absolute atomic E-state index is 0.0614. The summed E-state index contributed by atoms with van der Waals surface area (Å²) in [5.74, 6) is 0.910. The fraction of sp³-hybridized carbons (Fsp3) is 0.379. The average Bonchev–Trinajstić information content (AvgIpc) is 3.56. The van der Waals surface area contributed by atoms with E-state index in [1.807, 2.05) is 22.9 Å². The maximum Gasteiger partial charge on any atom is 0.150 e. The topological polar surface area (TPSA) is 63.3 Å². The van der Waals surface area contributed by atoms with E-state index in [4.69, 9.17) is 14.6 Å². The molecule has 4 aromatic rings. The van der Waals surface area contributed by atoms with Crippen LogP contribution in [0, 0.1) is 11.3 Å². The highest BCUT2D eigenvalue weighted by molar-refractivity contribution is 5.97. The number of hydrogen-bond acceptors (Lipinski definition) is 5. The van der Waals surface area contributed by atoms with Gasteiger partial charge in [-0.1, -0.05) is 18.2 Å². The van der Waals surface area contributed by atoms with Crippen molar-refractivity contribution in [3.8, 4) is 23.1 Å². The largest absolute Gasteiger partial charge is 0.492 e. The van der Waals surface area contributed by atoms with E-state index in [-0.39, 0.29) is 6.23 Å². The van der Waals surface area contributed by atoms with Gasteiger partial charge in [0.1, 0.15) is 18.1 Å². The van der Waals surface area contributed by atoms with E-state index in [2.05, 4.69) is 47.4 Å². The van der Waals surface area contributed by atoms with E-state index in [9.17, 15) is 5.26 Å². The van der Waals surface area contributed by atoms with Crippen LogP contribution in [0.25, 0.3) is 32.9 Å². The van der Waals surface area contributed by atoms with E-state index in [0.717, 1.165) is 77.7 Å². The molecule has 35 heavy (non-hydrogen) atoms. The second-order valence-corrected chi connectivity index (χ2v) is 9.58. The van der Waals surface area contributed by atoms with Crippen LogP contribution < -0.4 is 4.74 Å². The summed E-state index contributed by atoms with van der Waals surface area (Å²) in [7, 11) is 0. The molecule has 2 fully saturated rings. The zero-order valence-electron chi connectivity index (χ0n) is 19.9. The lowest BCUT2D eigenvalue weighted by Crippen LogP contribution is -2.25. The van der Waals surface area contributed by atoms with Crippen molar-refractivity contribution < 1.29 is 9.47 Å². The highest BCUT2D eigenvalue weighted by Crippen LogP contribution is 2.35. The monoisotopic (exact) mass is 466 g/mol. The van der Waals surface area contributed by atoms with Gasteiger partial charge in [0.05, 0.1) is 17.1 Å². The van der Waals surface area contributed by atoms with Gasteiger partial charge in [0.15, 0.2) is 6.23 Å². The van der Waals surface area contributed by atoms with Gasteiger partial charge in [-0.3, -0.25) is 4.90 Å². The van der Waals surface area contributed by atoms with Gasteiger partial charge in [0, 0.05) is 24.1 Å². The molecule has 0 bridgehead atoms. The molecule has 1 aromatic heterocycles. The summed E-state index contributed by atoms with van der Waals surface area (Å²) in [6.45, 7) is 4.85. The average molecular weight is 467 g/mol. The Balaban J connectivity index is 1.31. The molecule has 0 saturated carbocycles. The van der Waals surface area contributed by atoms with Crippen LogP contribution in [0.3, 0.4) is 0 Å². The molecule has 178 valence electrons. The summed E-state index contributed by atoms with van der Waals surface area (Å²) in [5, 5.41) is 17.8. The first-order chi connectivity index (χ1) is 17.3. The maximum absolute atomic E-state index is 9.49. The van der Waals surface area contributed by atoms with Gasteiger partial charge in [-0.05, 0) is 92.4 Å². The first-order valence-corrected chi connectivity index (χ1v) is 12.7. The van der Waals surface area contributed by atoms with Crippen molar-refractivity contribution in [2.24, 2.45) is 0 Å². The fourth-order valence-corrected chi connectivity index (χ4v) is 5.32. The minimum Gasteiger partial charge on any atom is -0.492 e. The second-order valence-electron chi connectivity index (χ2n) is 9.58. The maximum atomic E-state index is 9.49. The molecule has 0 N–H and O–H groups in total. The quantitative estimate of drug-likeness (QED) is 0.354. The number of nitrogens with zero attached hydrogens (tertiary/aromatic N) is 4. The molecule has 2 aliphatic rings. The Labute approximate surface area is 205 Å². The molecular formula is C29H30N4O2. The van der Waals surface area contributed by atoms with Crippen LogP contribution in [-0.4, -0.2) is 47.5 Å². The van der Waals surface area contributed by atoms with Crippen molar-refractivity contribution in [2.45, 2.75) is 38.3 Å². The van der Waals surface area contributed by atoms with E-state index in [0.29, 0.717) is 5.56 Å². The molecule has 6 rings (SSSR count). The molecule has 3 aromatic carbocycles. The Hall–Kier alpha value is -3.40. The van der Waals surface area contributed by atoms with Crippen LogP contribution in [0.5, 0.6) is 5.75 Å². The Morgan fingerprint density at radius 2 is 1.83 bits per heavy atom. The van der Waals surface area contributed by atoms with Crippen molar-refractivity contribution >= 4 is 21.7 Å². The first kappa shape index (κ1) is 22.1. The number of aromatic nitrogens is 2. The van der Waals surface area contributed by atoms with Crippen molar-refractivity contribution in [3.63, 3.8) is 0 Å². The number of likely N-dealkylation sites (tertiary alicyclic amines) is 1. The van der Waals surface area contributed by atoms with Crippen LogP contribution in [0.2, 0.25) is 0 Å². The number of benzene rings is 3. The highest BCUT2D eigenvalue weighted by Gasteiger charge is 2.22. The van der Waals surface area contributed by atoms with E-state index >= 15 is 0 Å². The van der Waals surface area contributed by atoms with Gasteiger partial charge in [0.2, 0.25) is 0 Å². The Morgan fingerprint density at radius 3 is 2.66 bits per heavy atom. The zero-order valence-corrected chi connectivity index (χ0v) is 19.9. The molecule has 1 unspecified atom stereocenters. The summed E-state index contributed by atoms with van der Waals surface area (Å²) in [6, 6.07) is 20.8. The molecule has 1 atom stereocenters. The number of hydrogen-bond donors (Lipinski definition) is 0. The Bertz CT molecular complexity index is 1390. The van der Waals surface area contributed by atoms with Gasteiger partial charge in [-0.2, -0.15) is 10.4 Å². The van der Waals surface area contributed by atoms with Gasteiger partial charge < -0.3 is 9.47 Å². The van der Waals surface area contributed by atoms with Gasteiger partial charge in [-0.15, -0.1) is 0 Å². The van der Waals surface area contributed by atoms with Crippen LogP contribution >= 0.6 is 0 Å². The first-order valence-electron chi connectivity index (χ1n) is 12.7. The number of fused-ring (bicyclic) bond motifs is 2. The van der Waals surface area contributed by atoms with Crippen molar-refractivity contribution in [1.82, 2.24) is 14.7 Å². The summed E-state index contributed by atoms with van der Waals surface area (Å²) in [6.07, 6.45) is 5.73. The Kier molecular flexibility index (Phi) is 6.12. The van der Waals surface area contributed by atoms with Crippen LogP contribution in [0.1, 0.15) is 43.9 Å². The van der Waals surface area contributed by atoms with Crippen LogP contribution in [-0.2, 0) is 4.74 Å². The molecule has 0 aliphatic carbocycles. The van der Waals surface area contributed by atoms with Crippen LogP contribution in [0.15, 0.2) is 54.6 Å². The Morgan fingerprint density at radius 1 is 0.971 bits per heavy atom. The zero-order chi connectivity index (χ0) is 23.6. The summed E-state index contributed by atoms with van der Waals surface area (Å²) >= 11 is 0. The highest BCUT2D eigenvalue weighted by atomic mass is 16.5. The number of rotatable bonds is 6. The molecule has 0 spiro atoms. The standard InChI is InChI=1S/C29H30N4O2/c30-20-21-6-11-27-26(17-21)29(31-33(27)28-5-1-4-15-35-28)24-8-7-23-19-25(10-9-22(23)18-24)34-16-14-32-12-2-3-13-32/h6-11,17-19,28H,1-5,12-16H2. The molecular weight excluding hydrogens is 436 g/mol. The minimum atomic E-state index is -0.0614. The summed E-state index contributed by atoms with van der Waals surface area (Å²) < 4.78 is 14.1. The normalized spacial score (nSPS) is 18.8. The molecule has 0 amide bonds. The van der Waals surface area contributed by atoms with Crippen molar-refractivity contribution in [3.05, 3.63) is 60.2 Å². The van der Waals surface area contributed by atoms with Crippen molar-refractivity contribution in [2.75, 3.05) is 32.8 Å². The summed E-state index contributed by atoms with van der Waals surface area (Å²) in [4.78, 5) is 2.47.